The van der Waals surface area contributed by atoms with Crippen LogP contribution in [0.25, 0.3) is 0 Å². The maximum Gasteiger partial charge on any atom is 0.254 e. The molecule has 1 amide bonds. The first kappa shape index (κ1) is 11.2. The van der Waals surface area contributed by atoms with E-state index in [-0.39, 0.29) is 11.9 Å². The maximum absolute atomic E-state index is 12.0. The molecule has 1 aliphatic rings. The fraction of sp³-hybridized carbons (Fsp3) is 0.500. The molecule has 1 aliphatic heterocycles. The quantitative estimate of drug-likeness (QED) is 0.762. The summed E-state index contributed by atoms with van der Waals surface area (Å²) in [4.78, 5) is 14.0. The van der Waals surface area contributed by atoms with E-state index in [1.54, 1.807) is 0 Å². The van der Waals surface area contributed by atoms with E-state index in [0.29, 0.717) is 0 Å². The minimum Gasteiger partial charge on any atom is -0.332 e. The van der Waals surface area contributed by atoms with E-state index in [1.165, 1.54) is 11.1 Å². The normalized spacial score (nSPS) is 14.8. The summed E-state index contributed by atoms with van der Waals surface area (Å²) >= 11 is 0. The summed E-state index contributed by atoms with van der Waals surface area (Å²) in [7, 11) is 0. The number of hydrogen-bond acceptors (Lipinski definition) is 1. The van der Waals surface area contributed by atoms with Gasteiger partial charge in [-0.25, -0.2) is 0 Å². The number of carbonyl (C=O) groups is 1. The van der Waals surface area contributed by atoms with Crippen LogP contribution in [-0.4, -0.2) is 16.8 Å². The number of benzene rings is 1. The standard InChI is InChI=1S/C14H19NO/c1-4-5-11-6-7-13-12(8-11)9-15(10(2)3)14(13)16/h6-8,10H,4-5,9H2,1-3H3. The SMILES string of the molecule is CCCc1ccc2c(c1)CN(C(C)C)C2=O. The first-order chi connectivity index (χ1) is 7.63. The van der Waals surface area contributed by atoms with Crippen molar-refractivity contribution in [3.8, 4) is 0 Å². The smallest absolute Gasteiger partial charge is 0.254 e. The van der Waals surface area contributed by atoms with Crippen LogP contribution in [0.1, 0.15) is 48.7 Å². The van der Waals surface area contributed by atoms with Gasteiger partial charge in [-0.15, -0.1) is 0 Å². The molecule has 2 nitrogen and oxygen atoms in total. The summed E-state index contributed by atoms with van der Waals surface area (Å²) in [6.07, 6.45) is 2.25. The van der Waals surface area contributed by atoms with Crippen LogP contribution in [0.3, 0.4) is 0 Å². The highest BCUT2D eigenvalue weighted by Crippen LogP contribution is 2.25. The predicted octanol–water partition coefficient (Wildman–Crippen LogP) is 3.00. The zero-order chi connectivity index (χ0) is 11.7. The van der Waals surface area contributed by atoms with Crippen molar-refractivity contribution >= 4 is 5.91 Å². The van der Waals surface area contributed by atoms with E-state index in [4.69, 9.17) is 0 Å². The Labute approximate surface area is 97.3 Å². The highest BCUT2D eigenvalue weighted by atomic mass is 16.2. The van der Waals surface area contributed by atoms with Crippen LogP contribution in [0, 0.1) is 0 Å². The molecule has 0 saturated heterocycles. The molecule has 1 aromatic rings. The van der Waals surface area contributed by atoms with Gasteiger partial charge >= 0.3 is 0 Å². The van der Waals surface area contributed by atoms with Crippen molar-refractivity contribution in [2.24, 2.45) is 0 Å². The van der Waals surface area contributed by atoms with Gasteiger partial charge in [0, 0.05) is 18.2 Å². The molecule has 0 radical (unpaired) electrons. The van der Waals surface area contributed by atoms with Crippen LogP contribution >= 0.6 is 0 Å². The van der Waals surface area contributed by atoms with Crippen molar-refractivity contribution in [1.29, 1.82) is 0 Å². The highest BCUT2D eigenvalue weighted by molar-refractivity contribution is 5.98. The lowest BCUT2D eigenvalue weighted by atomic mass is 10.0. The predicted molar refractivity (Wildman–Crippen MR) is 65.4 cm³/mol. The highest BCUT2D eigenvalue weighted by Gasteiger charge is 2.28. The first-order valence-corrected chi connectivity index (χ1v) is 6.06. The lowest BCUT2D eigenvalue weighted by Crippen LogP contribution is -2.30. The summed E-state index contributed by atoms with van der Waals surface area (Å²) in [6, 6.07) is 6.56. The third kappa shape index (κ3) is 1.84. The minimum absolute atomic E-state index is 0.188. The number of amides is 1. The van der Waals surface area contributed by atoms with Crippen molar-refractivity contribution in [3.05, 3.63) is 34.9 Å². The van der Waals surface area contributed by atoms with E-state index >= 15 is 0 Å². The second-order valence-corrected chi connectivity index (χ2v) is 4.77. The zero-order valence-corrected chi connectivity index (χ0v) is 10.3. The monoisotopic (exact) mass is 217 g/mol. The first-order valence-electron chi connectivity index (χ1n) is 6.06. The van der Waals surface area contributed by atoms with Crippen LogP contribution in [0.2, 0.25) is 0 Å². The Hall–Kier alpha value is -1.31. The van der Waals surface area contributed by atoms with Gasteiger partial charge in [0.2, 0.25) is 0 Å². The second-order valence-electron chi connectivity index (χ2n) is 4.77. The lowest BCUT2D eigenvalue weighted by Gasteiger charge is -2.19. The Morgan fingerprint density at radius 1 is 1.38 bits per heavy atom. The summed E-state index contributed by atoms with van der Waals surface area (Å²) in [6.45, 7) is 7.09. The molecule has 2 heteroatoms. The van der Waals surface area contributed by atoms with Crippen molar-refractivity contribution in [2.45, 2.75) is 46.2 Å². The summed E-state index contributed by atoms with van der Waals surface area (Å²) in [5, 5.41) is 0. The zero-order valence-electron chi connectivity index (χ0n) is 10.3. The molecule has 86 valence electrons. The third-order valence-electron chi connectivity index (χ3n) is 3.16. The molecule has 0 aliphatic carbocycles. The summed E-state index contributed by atoms with van der Waals surface area (Å²) in [5.74, 6) is 0.188. The van der Waals surface area contributed by atoms with Gasteiger partial charge in [0.25, 0.3) is 5.91 Å². The molecular formula is C14H19NO. The van der Waals surface area contributed by atoms with Crippen LogP contribution in [0.5, 0.6) is 0 Å². The van der Waals surface area contributed by atoms with Crippen LogP contribution in [-0.2, 0) is 13.0 Å². The topological polar surface area (TPSA) is 20.3 Å². The van der Waals surface area contributed by atoms with E-state index in [1.807, 2.05) is 11.0 Å². The molecule has 0 aromatic heterocycles. The van der Waals surface area contributed by atoms with Gasteiger partial charge in [0.15, 0.2) is 0 Å². The maximum atomic E-state index is 12.0. The number of fused-ring (bicyclic) bond motifs is 1. The molecule has 0 unspecified atom stereocenters. The molecule has 0 fully saturated rings. The number of hydrogen-bond donors (Lipinski definition) is 0. The number of carbonyl (C=O) groups excluding carboxylic acids is 1. The fourth-order valence-electron chi connectivity index (χ4n) is 2.26. The third-order valence-corrected chi connectivity index (χ3v) is 3.16. The number of rotatable bonds is 3. The Kier molecular flexibility index (Phi) is 2.99. The lowest BCUT2D eigenvalue weighted by molar-refractivity contribution is 0.0730. The molecule has 1 heterocycles. The number of aryl methyl sites for hydroxylation is 1. The molecule has 2 rings (SSSR count). The Balaban J connectivity index is 2.29. The van der Waals surface area contributed by atoms with Crippen molar-refractivity contribution in [3.63, 3.8) is 0 Å². The molecule has 0 spiro atoms. The summed E-state index contributed by atoms with van der Waals surface area (Å²) < 4.78 is 0. The molecule has 0 saturated carbocycles. The molecule has 0 atom stereocenters. The minimum atomic E-state index is 0.188. The van der Waals surface area contributed by atoms with Gasteiger partial charge in [-0.05, 0) is 37.5 Å². The van der Waals surface area contributed by atoms with E-state index in [2.05, 4.69) is 32.9 Å². The Morgan fingerprint density at radius 3 is 2.75 bits per heavy atom. The van der Waals surface area contributed by atoms with E-state index in [9.17, 15) is 4.79 Å². The van der Waals surface area contributed by atoms with Crippen molar-refractivity contribution < 1.29 is 4.79 Å². The van der Waals surface area contributed by atoms with Crippen molar-refractivity contribution in [1.82, 2.24) is 4.90 Å². The van der Waals surface area contributed by atoms with Gasteiger partial charge < -0.3 is 4.90 Å². The molecule has 0 bridgehead atoms. The van der Waals surface area contributed by atoms with Crippen LogP contribution < -0.4 is 0 Å². The van der Waals surface area contributed by atoms with Crippen LogP contribution in [0.15, 0.2) is 18.2 Å². The van der Waals surface area contributed by atoms with Gasteiger partial charge in [0.05, 0.1) is 0 Å². The molecule has 0 N–H and O–H groups in total. The van der Waals surface area contributed by atoms with E-state index in [0.717, 1.165) is 24.9 Å². The fourth-order valence-corrected chi connectivity index (χ4v) is 2.26. The summed E-state index contributed by atoms with van der Waals surface area (Å²) in [5.41, 5.74) is 3.44. The van der Waals surface area contributed by atoms with Gasteiger partial charge in [-0.2, -0.15) is 0 Å². The Bertz CT molecular complexity index is 409. The largest absolute Gasteiger partial charge is 0.332 e. The molecule has 16 heavy (non-hydrogen) atoms. The van der Waals surface area contributed by atoms with Crippen LogP contribution in [0.4, 0.5) is 0 Å². The second kappa shape index (κ2) is 4.28. The number of nitrogens with zero attached hydrogens (tertiary/aromatic N) is 1. The van der Waals surface area contributed by atoms with E-state index < -0.39 is 0 Å². The van der Waals surface area contributed by atoms with Crippen molar-refractivity contribution in [2.75, 3.05) is 0 Å². The average Bonchev–Trinajstić information content (AvgIpc) is 2.56. The molecular weight excluding hydrogens is 198 g/mol. The Morgan fingerprint density at radius 2 is 2.12 bits per heavy atom. The van der Waals surface area contributed by atoms with Gasteiger partial charge in [0.1, 0.15) is 0 Å². The van der Waals surface area contributed by atoms with Gasteiger partial charge in [-0.1, -0.05) is 25.5 Å². The van der Waals surface area contributed by atoms with Gasteiger partial charge in [-0.3, -0.25) is 4.79 Å². The average molecular weight is 217 g/mol. The molecule has 1 aromatic carbocycles.